The molecule has 0 saturated carbocycles. The van der Waals surface area contributed by atoms with Gasteiger partial charge in [-0.25, -0.2) is 4.68 Å². The van der Waals surface area contributed by atoms with Crippen molar-refractivity contribution in [2.24, 2.45) is 5.92 Å². The van der Waals surface area contributed by atoms with Gasteiger partial charge < -0.3 is 10.1 Å². The molecule has 1 N–H and O–H groups in total. The van der Waals surface area contributed by atoms with Gasteiger partial charge in [0.05, 0.1) is 6.10 Å². The van der Waals surface area contributed by atoms with Crippen LogP contribution in [-0.2, 0) is 4.74 Å². The first kappa shape index (κ1) is 13.3. The van der Waals surface area contributed by atoms with Crippen molar-refractivity contribution in [3.05, 3.63) is 23.7 Å². The molecular weight excluding hydrogens is 280 g/mol. The van der Waals surface area contributed by atoms with E-state index in [4.69, 9.17) is 16.3 Å². The zero-order valence-electron chi connectivity index (χ0n) is 11.0. The summed E-state index contributed by atoms with van der Waals surface area (Å²) in [5.41, 5.74) is 0. The molecule has 0 spiro atoms. The second kappa shape index (κ2) is 5.72. The molecule has 106 valence electrons. The number of hydrogen-bond donors (Lipinski definition) is 1. The number of nitrogens with one attached hydrogen (secondary N) is 1. The van der Waals surface area contributed by atoms with Crippen molar-refractivity contribution in [3.63, 3.8) is 0 Å². The van der Waals surface area contributed by atoms with Gasteiger partial charge in [-0.3, -0.25) is 0 Å². The lowest BCUT2D eigenvalue weighted by Crippen LogP contribution is -2.22. The lowest BCUT2D eigenvalue weighted by atomic mass is 10.0. The minimum atomic E-state index is 0.142. The molecule has 3 rings (SSSR count). The normalized spacial score (nSPS) is 22.1. The molecule has 0 aromatic carbocycles. The number of rotatable bonds is 4. The minimum absolute atomic E-state index is 0.142. The molecule has 2 atom stereocenters. The van der Waals surface area contributed by atoms with Crippen molar-refractivity contribution in [1.82, 2.24) is 24.7 Å². The van der Waals surface area contributed by atoms with Crippen LogP contribution in [-0.4, -0.2) is 44.0 Å². The Morgan fingerprint density at radius 3 is 3.05 bits per heavy atom. The number of halogens is 1. The van der Waals surface area contributed by atoms with Crippen LogP contribution >= 0.6 is 11.6 Å². The quantitative estimate of drug-likeness (QED) is 0.922. The van der Waals surface area contributed by atoms with Crippen molar-refractivity contribution in [3.8, 4) is 5.95 Å². The number of anilines is 1. The van der Waals surface area contributed by atoms with Gasteiger partial charge in [0.15, 0.2) is 0 Å². The molecule has 0 bridgehead atoms. The second-order valence-corrected chi connectivity index (χ2v) is 5.02. The third-order valence-electron chi connectivity index (χ3n) is 3.36. The summed E-state index contributed by atoms with van der Waals surface area (Å²) in [5, 5.41) is 7.41. The Morgan fingerprint density at radius 2 is 2.35 bits per heavy atom. The van der Waals surface area contributed by atoms with Gasteiger partial charge >= 0.3 is 0 Å². The summed E-state index contributed by atoms with van der Waals surface area (Å²) in [6.07, 6.45) is 4.70. The summed E-state index contributed by atoms with van der Waals surface area (Å²) >= 11 is 5.92. The highest BCUT2D eigenvalue weighted by molar-refractivity contribution is 6.28. The van der Waals surface area contributed by atoms with E-state index in [1.54, 1.807) is 23.1 Å². The van der Waals surface area contributed by atoms with Gasteiger partial charge in [-0.05, 0) is 31.0 Å². The average Bonchev–Trinajstić information content (AvgIpc) is 3.07. The van der Waals surface area contributed by atoms with Crippen LogP contribution in [0.15, 0.2) is 18.5 Å². The lowest BCUT2D eigenvalue weighted by molar-refractivity contribution is 0.108. The highest BCUT2D eigenvalue weighted by atomic mass is 35.5. The maximum atomic E-state index is 5.92. The highest BCUT2D eigenvalue weighted by Gasteiger charge is 2.24. The molecule has 1 fully saturated rings. The second-order valence-electron chi connectivity index (χ2n) is 4.68. The van der Waals surface area contributed by atoms with Crippen molar-refractivity contribution in [2.75, 3.05) is 18.5 Å². The SMILES string of the molecule is CC1OCCC1CNc1nc(Cl)nc(-n2cccn2)n1. The van der Waals surface area contributed by atoms with Crippen LogP contribution in [0.2, 0.25) is 5.28 Å². The van der Waals surface area contributed by atoms with Crippen LogP contribution in [0.1, 0.15) is 13.3 Å². The minimum Gasteiger partial charge on any atom is -0.378 e. The van der Waals surface area contributed by atoms with Crippen molar-refractivity contribution in [2.45, 2.75) is 19.4 Å². The monoisotopic (exact) mass is 294 g/mol. The molecule has 8 heteroatoms. The van der Waals surface area contributed by atoms with Crippen LogP contribution in [0.5, 0.6) is 0 Å². The van der Waals surface area contributed by atoms with Crippen molar-refractivity contribution in [1.29, 1.82) is 0 Å². The smallest absolute Gasteiger partial charge is 0.256 e. The Morgan fingerprint density at radius 1 is 1.45 bits per heavy atom. The van der Waals surface area contributed by atoms with E-state index >= 15 is 0 Å². The summed E-state index contributed by atoms with van der Waals surface area (Å²) in [6, 6.07) is 1.79. The molecule has 7 nitrogen and oxygen atoms in total. The average molecular weight is 295 g/mol. The summed E-state index contributed by atoms with van der Waals surface area (Å²) in [7, 11) is 0. The summed E-state index contributed by atoms with van der Waals surface area (Å²) < 4.78 is 7.07. The van der Waals surface area contributed by atoms with E-state index < -0.39 is 0 Å². The van der Waals surface area contributed by atoms with Crippen LogP contribution < -0.4 is 5.32 Å². The molecule has 3 heterocycles. The summed E-state index contributed by atoms with van der Waals surface area (Å²) in [6.45, 7) is 3.64. The largest absolute Gasteiger partial charge is 0.378 e. The van der Waals surface area contributed by atoms with Crippen LogP contribution in [0.3, 0.4) is 0 Å². The molecule has 0 aliphatic carbocycles. The molecule has 0 radical (unpaired) electrons. The van der Waals surface area contributed by atoms with Gasteiger partial charge in [-0.1, -0.05) is 0 Å². The Balaban J connectivity index is 1.73. The molecule has 20 heavy (non-hydrogen) atoms. The van der Waals surface area contributed by atoms with Gasteiger partial charge in [-0.2, -0.15) is 20.1 Å². The van der Waals surface area contributed by atoms with E-state index in [9.17, 15) is 0 Å². The lowest BCUT2D eigenvalue weighted by Gasteiger charge is -2.14. The van der Waals surface area contributed by atoms with Crippen molar-refractivity contribution >= 4 is 17.5 Å². The van der Waals surface area contributed by atoms with E-state index in [2.05, 4.69) is 32.3 Å². The fraction of sp³-hybridized carbons (Fsp3) is 0.500. The topological polar surface area (TPSA) is 77.8 Å². The predicted molar refractivity (Wildman–Crippen MR) is 74.0 cm³/mol. The first-order chi connectivity index (χ1) is 9.72. The van der Waals surface area contributed by atoms with Gasteiger partial charge in [0.2, 0.25) is 11.2 Å². The summed E-state index contributed by atoms with van der Waals surface area (Å²) in [5.74, 6) is 1.31. The molecular formula is C12H15ClN6O. The maximum absolute atomic E-state index is 5.92. The first-order valence-electron chi connectivity index (χ1n) is 6.49. The predicted octanol–water partition coefficient (Wildman–Crippen LogP) is 1.55. The molecule has 1 aliphatic heterocycles. The van der Waals surface area contributed by atoms with Gasteiger partial charge in [0, 0.05) is 31.5 Å². The third-order valence-corrected chi connectivity index (χ3v) is 3.53. The maximum Gasteiger partial charge on any atom is 0.256 e. The molecule has 1 aliphatic rings. The van der Waals surface area contributed by atoms with Gasteiger partial charge in [0.25, 0.3) is 5.95 Å². The number of hydrogen-bond acceptors (Lipinski definition) is 6. The molecule has 0 amide bonds. The van der Waals surface area contributed by atoms with Crippen LogP contribution in [0, 0.1) is 5.92 Å². The van der Waals surface area contributed by atoms with Gasteiger partial charge in [-0.15, -0.1) is 0 Å². The fourth-order valence-corrected chi connectivity index (χ4v) is 2.33. The van der Waals surface area contributed by atoms with Gasteiger partial charge in [0.1, 0.15) is 0 Å². The zero-order chi connectivity index (χ0) is 13.9. The molecule has 2 aromatic rings. The standard InChI is InChI=1S/C12H15ClN6O/c1-8-9(3-6-20-8)7-14-11-16-10(13)17-12(18-11)19-5-2-4-15-19/h2,4-5,8-9H,3,6-7H2,1H3,(H,14,16,17,18). The third kappa shape index (κ3) is 2.88. The van der Waals surface area contributed by atoms with E-state index in [1.165, 1.54) is 0 Å². The molecule has 1 saturated heterocycles. The van der Waals surface area contributed by atoms with Crippen LogP contribution in [0.4, 0.5) is 5.95 Å². The molecule has 2 unspecified atom stereocenters. The van der Waals surface area contributed by atoms with E-state index in [1.807, 2.05) is 0 Å². The number of aromatic nitrogens is 5. The summed E-state index contributed by atoms with van der Waals surface area (Å²) in [4.78, 5) is 12.4. The molecule has 2 aromatic heterocycles. The fourth-order valence-electron chi connectivity index (χ4n) is 2.17. The van der Waals surface area contributed by atoms with E-state index in [0.29, 0.717) is 17.8 Å². The Hall–Kier alpha value is -1.73. The zero-order valence-corrected chi connectivity index (χ0v) is 11.8. The van der Waals surface area contributed by atoms with E-state index in [0.717, 1.165) is 19.6 Å². The number of nitrogens with zero attached hydrogens (tertiary/aromatic N) is 5. The van der Waals surface area contributed by atoms with Crippen molar-refractivity contribution < 1.29 is 4.74 Å². The highest BCUT2D eigenvalue weighted by Crippen LogP contribution is 2.20. The van der Waals surface area contributed by atoms with E-state index in [-0.39, 0.29) is 11.4 Å². The first-order valence-corrected chi connectivity index (χ1v) is 6.87. The van der Waals surface area contributed by atoms with Crippen LogP contribution in [0.25, 0.3) is 5.95 Å². The Bertz CT molecular complexity index is 575. The Kier molecular flexibility index (Phi) is 3.79. The number of ether oxygens (including phenoxy) is 1. The Labute approximate surface area is 121 Å².